The molecule has 0 heterocycles. The molecule has 1 saturated carbocycles. The molecule has 0 unspecified atom stereocenters. The van der Waals surface area contributed by atoms with Gasteiger partial charge < -0.3 is 9.47 Å². The molecule has 0 aromatic rings. The van der Waals surface area contributed by atoms with Gasteiger partial charge in [0.1, 0.15) is 0 Å². The third-order valence-electron chi connectivity index (χ3n) is 7.31. The quantitative estimate of drug-likeness (QED) is 0.564. The summed E-state index contributed by atoms with van der Waals surface area (Å²) < 4.78 is 10.2. The number of carbonyl (C=O) groups is 2. The lowest BCUT2D eigenvalue weighted by molar-refractivity contribution is -0.141. The van der Waals surface area contributed by atoms with Crippen molar-refractivity contribution < 1.29 is 19.1 Å². The highest BCUT2D eigenvalue weighted by Crippen LogP contribution is 2.60. The molecule has 4 atom stereocenters. The number of fused-ring (bicyclic) bond motifs is 1. The van der Waals surface area contributed by atoms with Crippen LogP contribution in [0.15, 0.2) is 11.6 Å². The number of carbonyl (C=O) groups excluding carboxylic acids is 2. The van der Waals surface area contributed by atoms with Gasteiger partial charge in [-0.05, 0) is 67.1 Å². The summed E-state index contributed by atoms with van der Waals surface area (Å²) in [5, 5.41) is 0. The first-order valence-electron chi connectivity index (χ1n) is 10.5. The Hall–Kier alpha value is -1.32. The van der Waals surface area contributed by atoms with Crippen LogP contribution in [-0.4, -0.2) is 25.7 Å². The van der Waals surface area contributed by atoms with Gasteiger partial charge in [0.05, 0.1) is 13.7 Å². The molecule has 0 aliphatic heterocycles. The van der Waals surface area contributed by atoms with Crippen LogP contribution < -0.4 is 0 Å². The maximum absolute atomic E-state index is 12.5. The van der Waals surface area contributed by atoms with Gasteiger partial charge in [0.2, 0.25) is 0 Å². The summed E-state index contributed by atoms with van der Waals surface area (Å²) in [6, 6.07) is 0. The van der Waals surface area contributed by atoms with E-state index in [1.807, 2.05) is 0 Å². The summed E-state index contributed by atoms with van der Waals surface area (Å²) in [6.07, 6.45) is 9.71. The number of methoxy groups -OCH3 is 1. The zero-order valence-corrected chi connectivity index (χ0v) is 18.1. The summed E-state index contributed by atoms with van der Waals surface area (Å²) in [7, 11) is 1.49. The fourth-order valence-corrected chi connectivity index (χ4v) is 5.74. The van der Waals surface area contributed by atoms with E-state index in [0.29, 0.717) is 23.9 Å². The topological polar surface area (TPSA) is 52.6 Å². The minimum absolute atomic E-state index is 0.148. The Morgan fingerprint density at radius 1 is 1.22 bits per heavy atom. The zero-order valence-electron chi connectivity index (χ0n) is 18.1. The maximum atomic E-state index is 12.5. The molecule has 2 aliphatic rings. The first-order chi connectivity index (χ1) is 12.6. The van der Waals surface area contributed by atoms with E-state index in [-0.39, 0.29) is 23.3 Å². The SMILES string of the molecule is COC(=O)C1=CC[C@H]2C(C)(C)CCC[C@]2(C)[C@@H]1CC[C@H](C)CCOC(C)=O. The lowest BCUT2D eigenvalue weighted by Gasteiger charge is -2.56. The average molecular weight is 379 g/mol. The van der Waals surface area contributed by atoms with E-state index in [4.69, 9.17) is 9.47 Å². The van der Waals surface area contributed by atoms with Gasteiger partial charge in [-0.15, -0.1) is 0 Å². The zero-order chi connectivity index (χ0) is 20.2. The van der Waals surface area contributed by atoms with Gasteiger partial charge in [-0.1, -0.05) is 40.2 Å². The Kier molecular flexibility index (Phi) is 7.15. The number of allylic oxidation sites excluding steroid dienone is 1. The molecule has 154 valence electrons. The molecule has 4 heteroatoms. The smallest absolute Gasteiger partial charge is 0.333 e. The highest BCUT2D eigenvalue weighted by Gasteiger charge is 2.53. The van der Waals surface area contributed by atoms with Gasteiger partial charge in [0, 0.05) is 12.5 Å². The van der Waals surface area contributed by atoms with Crippen LogP contribution >= 0.6 is 0 Å². The Morgan fingerprint density at radius 2 is 1.93 bits per heavy atom. The maximum Gasteiger partial charge on any atom is 0.333 e. The van der Waals surface area contributed by atoms with Crippen LogP contribution in [0.3, 0.4) is 0 Å². The molecule has 0 saturated heterocycles. The lowest BCUT2D eigenvalue weighted by atomic mass is 9.48. The van der Waals surface area contributed by atoms with Gasteiger partial charge in [-0.25, -0.2) is 4.79 Å². The third-order valence-corrected chi connectivity index (χ3v) is 7.31. The molecular weight excluding hydrogens is 340 g/mol. The van der Waals surface area contributed by atoms with E-state index in [1.165, 1.54) is 33.3 Å². The molecule has 0 aromatic heterocycles. The third kappa shape index (κ3) is 4.94. The number of esters is 2. The Bertz CT molecular complexity index is 577. The average Bonchev–Trinajstić information content (AvgIpc) is 2.58. The number of hydrogen-bond acceptors (Lipinski definition) is 4. The molecule has 2 aliphatic carbocycles. The van der Waals surface area contributed by atoms with Crippen LogP contribution in [0.2, 0.25) is 0 Å². The van der Waals surface area contributed by atoms with Crippen molar-refractivity contribution in [1.82, 2.24) is 0 Å². The largest absolute Gasteiger partial charge is 0.466 e. The molecule has 27 heavy (non-hydrogen) atoms. The van der Waals surface area contributed by atoms with Crippen molar-refractivity contribution >= 4 is 11.9 Å². The Balaban J connectivity index is 2.15. The second-order valence-electron chi connectivity index (χ2n) is 9.65. The first-order valence-corrected chi connectivity index (χ1v) is 10.5. The molecule has 0 amide bonds. The van der Waals surface area contributed by atoms with Crippen LogP contribution in [0.4, 0.5) is 0 Å². The lowest BCUT2D eigenvalue weighted by Crippen LogP contribution is -2.49. The van der Waals surface area contributed by atoms with Gasteiger partial charge >= 0.3 is 11.9 Å². The summed E-state index contributed by atoms with van der Waals surface area (Å²) in [5.74, 6) is 0.942. The van der Waals surface area contributed by atoms with Crippen LogP contribution in [-0.2, 0) is 19.1 Å². The molecule has 0 spiro atoms. The molecule has 0 radical (unpaired) electrons. The minimum atomic E-state index is -0.217. The van der Waals surface area contributed by atoms with E-state index < -0.39 is 0 Å². The highest BCUT2D eigenvalue weighted by molar-refractivity contribution is 5.89. The first kappa shape index (κ1) is 22.0. The summed E-state index contributed by atoms with van der Waals surface area (Å²) in [4.78, 5) is 23.5. The highest BCUT2D eigenvalue weighted by atomic mass is 16.5. The van der Waals surface area contributed by atoms with Crippen molar-refractivity contribution in [2.45, 2.75) is 79.6 Å². The normalized spacial score (nSPS) is 30.7. The van der Waals surface area contributed by atoms with Crippen LogP contribution in [0, 0.1) is 28.6 Å². The Labute approximate surface area is 165 Å². The molecule has 0 N–H and O–H groups in total. The number of ether oxygens (including phenoxy) is 2. The van der Waals surface area contributed by atoms with E-state index >= 15 is 0 Å². The molecule has 0 aromatic carbocycles. The monoisotopic (exact) mass is 378 g/mol. The van der Waals surface area contributed by atoms with Crippen molar-refractivity contribution in [3.8, 4) is 0 Å². The summed E-state index contributed by atoms with van der Waals surface area (Å²) >= 11 is 0. The van der Waals surface area contributed by atoms with Gasteiger partial charge in [0.25, 0.3) is 0 Å². The predicted octanol–water partition coefficient (Wildman–Crippen LogP) is 5.31. The molecule has 4 nitrogen and oxygen atoms in total. The number of hydrogen-bond donors (Lipinski definition) is 0. The van der Waals surface area contributed by atoms with Crippen molar-refractivity contribution in [1.29, 1.82) is 0 Å². The van der Waals surface area contributed by atoms with E-state index in [1.54, 1.807) is 0 Å². The van der Waals surface area contributed by atoms with E-state index in [0.717, 1.165) is 31.3 Å². The second kappa shape index (κ2) is 8.79. The van der Waals surface area contributed by atoms with Gasteiger partial charge in [0.15, 0.2) is 0 Å². The molecular formula is C23H38O4. The van der Waals surface area contributed by atoms with Gasteiger partial charge in [-0.3, -0.25) is 4.79 Å². The minimum Gasteiger partial charge on any atom is -0.466 e. The van der Waals surface area contributed by atoms with Crippen molar-refractivity contribution in [2.24, 2.45) is 28.6 Å². The Morgan fingerprint density at radius 3 is 2.56 bits per heavy atom. The fraction of sp³-hybridized carbons (Fsp3) is 0.826. The second-order valence-corrected chi connectivity index (χ2v) is 9.65. The molecule has 1 fully saturated rings. The van der Waals surface area contributed by atoms with Crippen LogP contribution in [0.25, 0.3) is 0 Å². The van der Waals surface area contributed by atoms with Crippen molar-refractivity contribution in [2.75, 3.05) is 13.7 Å². The van der Waals surface area contributed by atoms with Crippen molar-refractivity contribution in [3.63, 3.8) is 0 Å². The predicted molar refractivity (Wildman–Crippen MR) is 107 cm³/mol. The summed E-state index contributed by atoms with van der Waals surface area (Å²) in [5.41, 5.74) is 1.35. The molecule has 2 rings (SSSR count). The summed E-state index contributed by atoms with van der Waals surface area (Å²) in [6.45, 7) is 11.3. The number of rotatable bonds is 7. The van der Waals surface area contributed by atoms with E-state index in [9.17, 15) is 9.59 Å². The fourth-order valence-electron chi connectivity index (χ4n) is 5.74. The standard InChI is InChI=1S/C23H38O4/c1-16(12-15-27-17(2)24)8-10-19-18(21(25)26-6)9-11-20-22(3,4)13-7-14-23(19,20)5/h9,16,19-20H,7-8,10-15H2,1-6H3/t16-,19+,20-,23+/m0/s1. The van der Waals surface area contributed by atoms with Crippen LogP contribution in [0.1, 0.15) is 79.6 Å². The molecule has 0 bridgehead atoms. The van der Waals surface area contributed by atoms with Crippen molar-refractivity contribution in [3.05, 3.63) is 11.6 Å². The van der Waals surface area contributed by atoms with E-state index in [2.05, 4.69) is 33.8 Å². The van der Waals surface area contributed by atoms with Crippen LogP contribution in [0.5, 0.6) is 0 Å². The van der Waals surface area contributed by atoms with Gasteiger partial charge in [-0.2, -0.15) is 0 Å².